The number of nitrogen functional groups attached to an aromatic ring is 1. The number of anilines is 1. The Kier molecular flexibility index (Phi) is 5.69. The van der Waals surface area contributed by atoms with Gasteiger partial charge in [-0.15, -0.1) is 0 Å². The second kappa shape index (κ2) is 8.34. The fraction of sp³-hybridized carbons (Fsp3) is 0.200. The zero-order valence-corrected chi connectivity index (χ0v) is 15.6. The summed E-state index contributed by atoms with van der Waals surface area (Å²) in [6, 6.07) is 10.1. The normalized spacial score (nSPS) is 11.6. The topological polar surface area (TPSA) is 112 Å². The van der Waals surface area contributed by atoms with Crippen molar-refractivity contribution in [3.8, 4) is 11.1 Å². The molecule has 28 heavy (non-hydrogen) atoms. The van der Waals surface area contributed by atoms with E-state index in [0.717, 1.165) is 11.1 Å². The first kappa shape index (κ1) is 19.1. The predicted octanol–water partition coefficient (Wildman–Crippen LogP) is 1.93. The van der Waals surface area contributed by atoms with Gasteiger partial charge in [0.2, 0.25) is 0 Å². The number of aryl methyl sites for hydroxylation is 1. The van der Waals surface area contributed by atoms with Crippen molar-refractivity contribution in [3.05, 3.63) is 66.1 Å². The average Bonchev–Trinajstić information content (AvgIpc) is 3.13. The number of carbonyl (C=O) groups is 2. The quantitative estimate of drug-likeness (QED) is 0.633. The summed E-state index contributed by atoms with van der Waals surface area (Å²) in [4.78, 5) is 28.8. The molecule has 1 amide bonds. The van der Waals surface area contributed by atoms with E-state index >= 15 is 0 Å². The molecule has 3 rings (SSSR count). The molecule has 3 aromatic rings. The molecule has 0 aliphatic heterocycles. The molecule has 3 N–H and O–H groups in total. The molecule has 0 spiro atoms. The molecule has 144 valence electrons. The van der Waals surface area contributed by atoms with Gasteiger partial charge in [-0.2, -0.15) is 5.10 Å². The van der Waals surface area contributed by atoms with Crippen LogP contribution in [-0.2, 0) is 23.2 Å². The number of ether oxygens (including phenoxy) is 1. The number of rotatable bonds is 6. The van der Waals surface area contributed by atoms with E-state index in [9.17, 15) is 9.59 Å². The number of nitrogens with two attached hydrogens (primary N) is 1. The van der Waals surface area contributed by atoms with Crippen LogP contribution in [0.2, 0.25) is 0 Å². The van der Waals surface area contributed by atoms with Crippen LogP contribution in [0.5, 0.6) is 0 Å². The third-order valence-corrected chi connectivity index (χ3v) is 4.13. The Bertz CT molecular complexity index is 985. The number of carbonyl (C=O) groups excluding carboxylic acids is 2. The first-order valence-corrected chi connectivity index (χ1v) is 8.70. The van der Waals surface area contributed by atoms with Crippen LogP contribution in [0.3, 0.4) is 0 Å². The van der Waals surface area contributed by atoms with Crippen LogP contribution in [0, 0.1) is 0 Å². The predicted molar refractivity (Wildman–Crippen MR) is 104 cm³/mol. The number of aromatic nitrogens is 3. The summed E-state index contributed by atoms with van der Waals surface area (Å²) in [5.74, 6) is -0.956. The molecule has 2 heterocycles. The molecule has 1 aromatic carbocycles. The van der Waals surface area contributed by atoms with Crippen LogP contribution in [0.15, 0.2) is 55.0 Å². The number of hydrogen-bond acceptors (Lipinski definition) is 6. The lowest BCUT2D eigenvalue weighted by Gasteiger charge is -2.14. The van der Waals surface area contributed by atoms with E-state index in [1.807, 2.05) is 30.3 Å². The summed E-state index contributed by atoms with van der Waals surface area (Å²) in [6.45, 7) is 1.69. The van der Waals surface area contributed by atoms with Gasteiger partial charge >= 0.3 is 5.97 Å². The lowest BCUT2D eigenvalue weighted by Crippen LogP contribution is -2.39. The number of nitrogens with one attached hydrogen (secondary N) is 1. The third-order valence-electron chi connectivity index (χ3n) is 4.13. The molecule has 0 fully saturated rings. The summed E-state index contributed by atoms with van der Waals surface area (Å²) in [7, 11) is 1.80. The van der Waals surface area contributed by atoms with Gasteiger partial charge in [-0.25, -0.2) is 9.78 Å². The smallest absolute Gasteiger partial charge is 0.328 e. The van der Waals surface area contributed by atoms with Crippen molar-refractivity contribution in [3.63, 3.8) is 0 Å². The van der Waals surface area contributed by atoms with Crippen molar-refractivity contribution in [2.24, 2.45) is 7.05 Å². The molecule has 0 bridgehead atoms. The van der Waals surface area contributed by atoms with E-state index in [4.69, 9.17) is 10.5 Å². The number of esters is 1. The van der Waals surface area contributed by atoms with Crippen molar-refractivity contribution in [2.75, 3.05) is 5.73 Å². The first-order valence-electron chi connectivity index (χ1n) is 8.70. The summed E-state index contributed by atoms with van der Waals surface area (Å²) in [5, 5.41) is 6.71. The average molecular weight is 379 g/mol. The van der Waals surface area contributed by atoms with Gasteiger partial charge in [0.1, 0.15) is 18.5 Å². The summed E-state index contributed by atoms with van der Waals surface area (Å²) >= 11 is 0. The molecule has 0 unspecified atom stereocenters. The largest absolute Gasteiger partial charge is 0.459 e. The maximum absolute atomic E-state index is 12.6. The third kappa shape index (κ3) is 4.53. The lowest BCUT2D eigenvalue weighted by atomic mass is 10.1. The Hall–Kier alpha value is -3.68. The van der Waals surface area contributed by atoms with Crippen LogP contribution in [0.25, 0.3) is 11.1 Å². The number of nitrogens with zero attached hydrogens (tertiary/aromatic N) is 3. The van der Waals surface area contributed by atoms with Crippen LogP contribution in [0.4, 0.5) is 5.82 Å². The second-order valence-corrected chi connectivity index (χ2v) is 6.35. The Morgan fingerprint density at radius 2 is 1.96 bits per heavy atom. The summed E-state index contributed by atoms with van der Waals surface area (Å²) < 4.78 is 6.89. The van der Waals surface area contributed by atoms with Gasteiger partial charge in [-0.1, -0.05) is 30.3 Å². The van der Waals surface area contributed by atoms with Crippen molar-refractivity contribution in [1.82, 2.24) is 20.1 Å². The van der Waals surface area contributed by atoms with Crippen LogP contribution in [-0.4, -0.2) is 32.7 Å². The van der Waals surface area contributed by atoms with Gasteiger partial charge < -0.3 is 15.8 Å². The number of benzene rings is 1. The van der Waals surface area contributed by atoms with Gasteiger partial charge in [0.05, 0.1) is 11.8 Å². The fourth-order valence-electron chi connectivity index (χ4n) is 2.57. The van der Waals surface area contributed by atoms with Crippen molar-refractivity contribution < 1.29 is 14.3 Å². The highest BCUT2D eigenvalue weighted by molar-refractivity contribution is 6.01. The van der Waals surface area contributed by atoms with Gasteiger partial charge in [0.15, 0.2) is 0 Å². The minimum Gasteiger partial charge on any atom is -0.459 e. The van der Waals surface area contributed by atoms with Gasteiger partial charge in [0, 0.05) is 30.6 Å². The Morgan fingerprint density at radius 3 is 2.64 bits per heavy atom. The van der Waals surface area contributed by atoms with E-state index in [2.05, 4.69) is 15.4 Å². The lowest BCUT2D eigenvalue weighted by molar-refractivity contribution is -0.146. The van der Waals surface area contributed by atoms with Crippen molar-refractivity contribution >= 4 is 17.7 Å². The fourth-order valence-corrected chi connectivity index (χ4v) is 2.57. The molecular formula is C20H21N5O3. The molecule has 8 heteroatoms. The molecule has 0 saturated carbocycles. The van der Waals surface area contributed by atoms with Gasteiger partial charge in [0.25, 0.3) is 5.91 Å². The zero-order valence-electron chi connectivity index (χ0n) is 15.6. The Morgan fingerprint density at radius 1 is 1.21 bits per heavy atom. The highest BCUT2D eigenvalue weighted by atomic mass is 16.5. The summed E-state index contributed by atoms with van der Waals surface area (Å²) in [5.41, 5.74) is 8.41. The zero-order chi connectivity index (χ0) is 20.1. The first-order chi connectivity index (χ1) is 13.4. The monoisotopic (exact) mass is 379 g/mol. The minimum atomic E-state index is -0.835. The Balaban J connectivity index is 1.65. The van der Waals surface area contributed by atoms with Gasteiger partial charge in [-0.05, 0) is 18.6 Å². The molecule has 0 aliphatic carbocycles. The number of pyridine rings is 1. The van der Waals surface area contributed by atoms with E-state index in [0.29, 0.717) is 5.56 Å². The van der Waals surface area contributed by atoms with Crippen LogP contribution in [0.1, 0.15) is 22.8 Å². The maximum atomic E-state index is 12.6. The SMILES string of the molecule is C[C@H](NC(=O)c1cc(-c2cnn(C)c2)cnc1N)C(=O)OCc1ccccc1. The second-order valence-electron chi connectivity index (χ2n) is 6.35. The highest BCUT2D eigenvalue weighted by Crippen LogP contribution is 2.21. The van der Waals surface area contributed by atoms with Crippen LogP contribution < -0.4 is 11.1 Å². The Labute approximate surface area is 162 Å². The minimum absolute atomic E-state index is 0.0787. The van der Waals surface area contributed by atoms with Crippen molar-refractivity contribution in [2.45, 2.75) is 19.6 Å². The molecule has 0 aliphatic rings. The molecular weight excluding hydrogens is 358 g/mol. The van der Waals surface area contributed by atoms with Crippen molar-refractivity contribution in [1.29, 1.82) is 0 Å². The molecule has 1 atom stereocenters. The van der Waals surface area contributed by atoms with E-state index in [1.165, 1.54) is 0 Å². The van der Waals surface area contributed by atoms with E-state index in [-0.39, 0.29) is 18.0 Å². The highest BCUT2D eigenvalue weighted by Gasteiger charge is 2.20. The standard InChI is InChI=1S/C20H21N5O3/c1-13(20(27)28-12-14-6-4-3-5-7-14)24-19(26)17-8-15(9-22-18(17)21)16-10-23-25(2)11-16/h3-11,13H,12H2,1-2H3,(H2,21,22)(H,24,26)/t13-/m0/s1. The van der Waals surface area contributed by atoms with E-state index in [1.54, 1.807) is 43.3 Å². The summed E-state index contributed by atoms with van der Waals surface area (Å²) in [6.07, 6.45) is 5.04. The molecule has 8 nitrogen and oxygen atoms in total. The molecule has 0 saturated heterocycles. The number of amides is 1. The van der Waals surface area contributed by atoms with Crippen LogP contribution >= 0.6 is 0 Å². The number of hydrogen-bond donors (Lipinski definition) is 2. The maximum Gasteiger partial charge on any atom is 0.328 e. The van der Waals surface area contributed by atoms with E-state index < -0.39 is 17.9 Å². The molecule has 2 aromatic heterocycles. The molecule has 0 radical (unpaired) electrons. The van der Waals surface area contributed by atoms with Gasteiger partial charge in [-0.3, -0.25) is 9.48 Å².